The summed E-state index contributed by atoms with van der Waals surface area (Å²) in [6.45, 7) is 3.34. The Hall–Kier alpha value is -2.36. The van der Waals surface area contributed by atoms with E-state index in [0.717, 1.165) is 43.4 Å². The van der Waals surface area contributed by atoms with Crippen molar-refractivity contribution >= 4 is 5.91 Å². The number of piperidine rings is 1. The Balaban J connectivity index is 1.60. The van der Waals surface area contributed by atoms with E-state index in [1.165, 1.54) is 12.1 Å². The highest BCUT2D eigenvalue weighted by molar-refractivity contribution is 5.97. The number of likely N-dealkylation sites (tertiary alicyclic amines) is 1. The highest BCUT2D eigenvalue weighted by Gasteiger charge is 2.25. The van der Waals surface area contributed by atoms with Crippen molar-refractivity contribution in [3.8, 4) is 5.75 Å². The second-order valence-corrected chi connectivity index (χ2v) is 6.95. The third-order valence-corrected chi connectivity index (χ3v) is 4.94. The first-order chi connectivity index (χ1) is 12.0. The summed E-state index contributed by atoms with van der Waals surface area (Å²) in [6, 6.07) is 11.8. The second-order valence-electron chi connectivity index (χ2n) is 6.95. The number of rotatable bonds is 4. The molecule has 0 spiro atoms. The van der Waals surface area contributed by atoms with Crippen LogP contribution in [0.4, 0.5) is 4.39 Å². The first kappa shape index (κ1) is 17.5. The van der Waals surface area contributed by atoms with E-state index in [1.54, 1.807) is 12.1 Å². The minimum Gasteiger partial charge on any atom is -0.507 e. The average molecular weight is 341 g/mol. The van der Waals surface area contributed by atoms with Crippen LogP contribution < -0.4 is 0 Å². The summed E-state index contributed by atoms with van der Waals surface area (Å²) >= 11 is 0. The van der Waals surface area contributed by atoms with Crippen molar-refractivity contribution in [1.29, 1.82) is 0 Å². The molecule has 1 saturated heterocycles. The summed E-state index contributed by atoms with van der Waals surface area (Å²) in [5.74, 6) is 0.189. The van der Waals surface area contributed by atoms with Crippen LogP contribution in [0.5, 0.6) is 5.75 Å². The summed E-state index contributed by atoms with van der Waals surface area (Å²) in [5, 5.41) is 10.1. The molecule has 4 heteroatoms. The third kappa shape index (κ3) is 4.38. The lowest BCUT2D eigenvalue weighted by molar-refractivity contribution is 0.0665. The summed E-state index contributed by atoms with van der Waals surface area (Å²) in [5.41, 5.74) is 2.44. The molecule has 3 rings (SSSR count). The van der Waals surface area contributed by atoms with Gasteiger partial charge in [-0.3, -0.25) is 4.79 Å². The van der Waals surface area contributed by atoms with Crippen molar-refractivity contribution in [2.45, 2.75) is 32.6 Å². The maximum Gasteiger partial charge on any atom is 0.257 e. The Morgan fingerprint density at radius 1 is 1.24 bits per heavy atom. The molecule has 1 amide bonds. The molecule has 2 aromatic carbocycles. The van der Waals surface area contributed by atoms with Crippen LogP contribution in [0.2, 0.25) is 0 Å². The van der Waals surface area contributed by atoms with Gasteiger partial charge in [0, 0.05) is 13.1 Å². The van der Waals surface area contributed by atoms with E-state index in [2.05, 4.69) is 0 Å². The normalized spacial score (nSPS) is 17.5. The van der Waals surface area contributed by atoms with E-state index in [1.807, 2.05) is 30.0 Å². The molecule has 2 aromatic rings. The molecule has 0 radical (unpaired) electrons. The van der Waals surface area contributed by atoms with Crippen molar-refractivity contribution in [2.24, 2.45) is 5.92 Å². The number of phenolic OH excluding ortho intramolecular Hbond substituents is 1. The Labute approximate surface area is 148 Å². The lowest BCUT2D eigenvalue weighted by Crippen LogP contribution is -2.40. The summed E-state index contributed by atoms with van der Waals surface area (Å²) in [4.78, 5) is 14.6. The number of aromatic hydroxyl groups is 1. The minimum atomic E-state index is -0.212. The van der Waals surface area contributed by atoms with E-state index in [-0.39, 0.29) is 17.5 Å². The zero-order valence-electron chi connectivity index (χ0n) is 14.5. The quantitative estimate of drug-likeness (QED) is 0.899. The van der Waals surface area contributed by atoms with Crippen LogP contribution in [-0.4, -0.2) is 29.0 Å². The summed E-state index contributed by atoms with van der Waals surface area (Å²) in [6.07, 6.45) is 3.95. The number of carbonyl (C=O) groups excluding carboxylic acids is 1. The molecule has 0 unspecified atom stereocenters. The first-order valence-corrected chi connectivity index (χ1v) is 8.86. The van der Waals surface area contributed by atoms with Crippen LogP contribution in [-0.2, 0) is 6.42 Å². The molecule has 1 aliphatic rings. The highest BCUT2D eigenvalue weighted by atomic mass is 19.1. The Bertz CT molecular complexity index is 742. The van der Waals surface area contributed by atoms with Gasteiger partial charge in [0.1, 0.15) is 11.6 Å². The zero-order chi connectivity index (χ0) is 17.8. The Kier molecular flexibility index (Phi) is 5.37. The summed E-state index contributed by atoms with van der Waals surface area (Å²) < 4.78 is 13.0. The molecule has 1 heterocycles. The molecule has 25 heavy (non-hydrogen) atoms. The predicted molar refractivity (Wildman–Crippen MR) is 96.2 cm³/mol. The van der Waals surface area contributed by atoms with Gasteiger partial charge in [0.05, 0.1) is 5.56 Å². The van der Waals surface area contributed by atoms with Gasteiger partial charge in [0.2, 0.25) is 0 Å². The maximum absolute atomic E-state index is 13.0. The number of amides is 1. The standard InChI is InChI=1S/C21H24FNO2/c1-15-4-11-19(20(24)13-15)21(25)23-12-2-3-17(14-23)6-5-16-7-9-18(22)10-8-16/h4,7-11,13,17,24H,2-3,5-6,12,14H2,1H3/t17-/m1/s1. The van der Waals surface area contributed by atoms with Gasteiger partial charge in [-0.25, -0.2) is 4.39 Å². The molecule has 0 aromatic heterocycles. The predicted octanol–water partition coefficient (Wildman–Crippen LogP) is 4.32. The van der Waals surface area contributed by atoms with Gasteiger partial charge < -0.3 is 10.0 Å². The largest absolute Gasteiger partial charge is 0.507 e. The van der Waals surface area contributed by atoms with E-state index in [9.17, 15) is 14.3 Å². The van der Waals surface area contributed by atoms with Crippen LogP contribution in [0.25, 0.3) is 0 Å². The molecule has 1 atom stereocenters. The number of aryl methyl sites for hydroxylation is 2. The fourth-order valence-electron chi connectivity index (χ4n) is 3.50. The average Bonchev–Trinajstić information content (AvgIpc) is 2.61. The van der Waals surface area contributed by atoms with E-state index in [4.69, 9.17) is 0 Å². The number of hydrogen-bond donors (Lipinski definition) is 1. The van der Waals surface area contributed by atoms with E-state index in [0.29, 0.717) is 18.0 Å². The van der Waals surface area contributed by atoms with Crippen molar-refractivity contribution in [3.05, 3.63) is 65.0 Å². The molecule has 132 valence electrons. The van der Waals surface area contributed by atoms with Gasteiger partial charge in [-0.15, -0.1) is 0 Å². The Morgan fingerprint density at radius 2 is 2.00 bits per heavy atom. The van der Waals surface area contributed by atoms with Gasteiger partial charge in [-0.05, 0) is 73.9 Å². The number of nitrogens with zero attached hydrogens (tertiary/aromatic N) is 1. The summed E-state index contributed by atoms with van der Waals surface area (Å²) in [7, 11) is 0. The van der Waals surface area contributed by atoms with Crippen molar-refractivity contribution < 1.29 is 14.3 Å². The van der Waals surface area contributed by atoms with Gasteiger partial charge in [-0.1, -0.05) is 18.2 Å². The molecule has 1 aliphatic heterocycles. The number of halogens is 1. The number of carbonyl (C=O) groups is 1. The molecular formula is C21H24FNO2. The molecule has 1 N–H and O–H groups in total. The lowest BCUT2D eigenvalue weighted by atomic mass is 9.91. The lowest BCUT2D eigenvalue weighted by Gasteiger charge is -2.33. The zero-order valence-corrected chi connectivity index (χ0v) is 14.5. The molecule has 3 nitrogen and oxygen atoms in total. The van der Waals surface area contributed by atoms with Crippen LogP contribution in [0.3, 0.4) is 0 Å². The van der Waals surface area contributed by atoms with Gasteiger partial charge in [0.15, 0.2) is 0 Å². The van der Waals surface area contributed by atoms with Crippen LogP contribution in [0.15, 0.2) is 42.5 Å². The minimum absolute atomic E-state index is 0.0541. The second kappa shape index (κ2) is 7.68. The molecular weight excluding hydrogens is 317 g/mol. The highest BCUT2D eigenvalue weighted by Crippen LogP contribution is 2.26. The van der Waals surface area contributed by atoms with E-state index >= 15 is 0 Å². The van der Waals surface area contributed by atoms with Crippen LogP contribution in [0, 0.1) is 18.7 Å². The molecule has 0 aliphatic carbocycles. The number of phenols is 1. The monoisotopic (exact) mass is 341 g/mol. The van der Waals surface area contributed by atoms with Gasteiger partial charge in [-0.2, -0.15) is 0 Å². The Morgan fingerprint density at radius 3 is 2.72 bits per heavy atom. The SMILES string of the molecule is Cc1ccc(C(=O)N2CCC[C@H](CCc3ccc(F)cc3)C2)c(O)c1. The smallest absolute Gasteiger partial charge is 0.257 e. The van der Waals surface area contributed by atoms with Crippen molar-refractivity contribution in [1.82, 2.24) is 4.90 Å². The van der Waals surface area contributed by atoms with Gasteiger partial charge in [0.25, 0.3) is 5.91 Å². The number of benzene rings is 2. The fraction of sp³-hybridized carbons (Fsp3) is 0.381. The number of hydrogen-bond acceptors (Lipinski definition) is 2. The molecule has 0 saturated carbocycles. The topological polar surface area (TPSA) is 40.5 Å². The van der Waals surface area contributed by atoms with E-state index < -0.39 is 0 Å². The first-order valence-electron chi connectivity index (χ1n) is 8.86. The van der Waals surface area contributed by atoms with Crippen LogP contribution in [0.1, 0.15) is 40.7 Å². The maximum atomic E-state index is 13.0. The molecule has 0 bridgehead atoms. The van der Waals surface area contributed by atoms with Crippen LogP contribution >= 0.6 is 0 Å². The van der Waals surface area contributed by atoms with Gasteiger partial charge >= 0.3 is 0 Å². The van der Waals surface area contributed by atoms with Crippen molar-refractivity contribution in [3.63, 3.8) is 0 Å². The fourth-order valence-corrected chi connectivity index (χ4v) is 3.50. The van der Waals surface area contributed by atoms with Crippen molar-refractivity contribution in [2.75, 3.05) is 13.1 Å². The molecule has 1 fully saturated rings. The third-order valence-electron chi connectivity index (χ3n) is 4.94.